The lowest BCUT2D eigenvalue weighted by Crippen LogP contribution is -2.42. The zero-order chi connectivity index (χ0) is 9.10. The molecule has 0 unspecified atom stereocenters. The van der Waals surface area contributed by atoms with Crippen molar-refractivity contribution in [2.45, 2.75) is 6.04 Å². The van der Waals surface area contributed by atoms with Crippen LogP contribution in [0.5, 0.6) is 5.75 Å². The molecule has 78 valence electrons. The van der Waals surface area contributed by atoms with E-state index in [1.54, 1.807) is 12.1 Å². The van der Waals surface area contributed by atoms with Crippen molar-refractivity contribution < 1.29 is 5.11 Å². The summed E-state index contributed by atoms with van der Waals surface area (Å²) in [5, 5.41) is 15.9. The smallest absolute Gasteiger partial charge is 0.115 e. The predicted octanol–water partition coefficient (Wildman–Crippen LogP) is 1.05. The van der Waals surface area contributed by atoms with Crippen LogP contribution < -0.4 is 10.6 Å². The molecule has 0 aromatic heterocycles. The van der Waals surface area contributed by atoms with E-state index in [1.165, 1.54) is 5.56 Å². The maximum atomic E-state index is 9.12. The molecule has 1 atom stereocenters. The fourth-order valence-electron chi connectivity index (χ4n) is 1.60. The molecule has 3 nitrogen and oxygen atoms in total. The Balaban J connectivity index is 0.000000980. The quantitative estimate of drug-likeness (QED) is 0.655. The van der Waals surface area contributed by atoms with Crippen molar-refractivity contribution in [3.05, 3.63) is 29.8 Å². The molecule has 0 amide bonds. The molecule has 1 aromatic rings. The molecule has 1 heterocycles. The van der Waals surface area contributed by atoms with Gasteiger partial charge in [-0.05, 0) is 17.7 Å². The Bertz CT molecular complexity index is 270. The minimum Gasteiger partial charge on any atom is -0.508 e. The first-order chi connectivity index (χ1) is 6.36. The first-order valence-electron chi connectivity index (χ1n) is 4.59. The van der Waals surface area contributed by atoms with E-state index in [-0.39, 0.29) is 12.4 Å². The number of piperazine rings is 1. The first kappa shape index (κ1) is 11.3. The molecular formula is C10H15ClN2O. The summed E-state index contributed by atoms with van der Waals surface area (Å²) < 4.78 is 0. The molecule has 1 aliphatic heterocycles. The minimum atomic E-state index is 0. The fraction of sp³-hybridized carbons (Fsp3) is 0.400. The van der Waals surface area contributed by atoms with Gasteiger partial charge in [0.2, 0.25) is 0 Å². The molecule has 1 fully saturated rings. The van der Waals surface area contributed by atoms with E-state index in [1.807, 2.05) is 12.1 Å². The molecule has 0 radical (unpaired) electrons. The van der Waals surface area contributed by atoms with Gasteiger partial charge in [-0.2, -0.15) is 0 Å². The van der Waals surface area contributed by atoms with E-state index in [2.05, 4.69) is 10.6 Å². The second-order valence-corrected chi connectivity index (χ2v) is 3.30. The molecule has 0 bridgehead atoms. The lowest BCUT2D eigenvalue weighted by molar-refractivity contribution is 0.429. The highest BCUT2D eigenvalue weighted by molar-refractivity contribution is 5.85. The van der Waals surface area contributed by atoms with Gasteiger partial charge in [0.1, 0.15) is 5.75 Å². The number of phenols is 1. The van der Waals surface area contributed by atoms with Crippen LogP contribution in [0.15, 0.2) is 24.3 Å². The molecule has 1 aromatic carbocycles. The summed E-state index contributed by atoms with van der Waals surface area (Å²) in [6, 6.07) is 7.76. The Kier molecular flexibility index (Phi) is 4.20. The van der Waals surface area contributed by atoms with Gasteiger partial charge in [-0.3, -0.25) is 0 Å². The molecule has 14 heavy (non-hydrogen) atoms. The van der Waals surface area contributed by atoms with Crippen molar-refractivity contribution in [1.29, 1.82) is 0 Å². The highest BCUT2D eigenvalue weighted by atomic mass is 35.5. The summed E-state index contributed by atoms with van der Waals surface area (Å²) in [7, 11) is 0. The molecule has 4 heteroatoms. The summed E-state index contributed by atoms with van der Waals surface area (Å²) in [5.74, 6) is 0.326. The van der Waals surface area contributed by atoms with E-state index in [4.69, 9.17) is 5.11 Å². The number of nitrogens with one attached hydrogen (secondary N) is 2. The van der Waals surface area contributed by atoms with E-state index in [0.29, 0.717) is 11.8 Å². The van der Waals surface area contributed by atoms with Crippen LogP contribution in [0, 0.1) is 0 Å². The van der Waals surface area contributed by atoms with Crippen molar-refractivity contribution in [1.82, 2.24) is 10.6 Å². The van der Waals surface area contributed by atoms with Gasteiger partial charge in [0, 0.05) is 25.7 Å². The average Bonchev–Trinajstić information content (AvgIpc) is 2.20. The zero-order valence-electron chi connectivity index (χ0n) is 7.86. The van der Waals surface area contributed by atoms with Crippen LogP contribution in [0.1, 0.15) is 11.6 Å². The molecule has 0 aliphatic carbocycles. The van der Waals surface area contributed by atoms with Crippen molar-refractivity contribution in [3.63, 3.8) is 0 Å². The minimum absolute atomic E-state index is 0. The Labute approximate surface area is 89.9 Å². The number of rotatable bonds is 1. The van der Waals surface area contributed by atoms with Gasteiger partial charge >= 0.3 is 0 Å². The lowest BCUT2D eigenvalue weighted by Gasteiger charge is -2.24. The van der Waals surface area contributed by atoms with Gasteiger partial charge in [-0.15, -0.1) is 12.4 Å². The third-order valence-corrected chi connectivity index (χ3v) is 2.34. The number of aromatic hydroxyl groups is 1. The first-order valence-corrected chi connectivity index (χ1v) is 4.59. The lowest BCUT2D eigenvalue weighted by atomic mass is 10.1. The van der Waals surface area contributed by atoms with Gasteiger partial charge in [-0.25, -0.2) is 0 Å². The van der Waals surface area contributed by atoms with Gasteiger partial charge in [-0.1, -0.05) is 12.1 Å². The summed E-state index contributed by atoms with van der Waals surface area (Å²) in [5.41, 5.74) is 1.23. The largest absolute Gasteiger partial charge is 0.508 e. The van der Waals surface area contributed by atoms with Crippen molar-refractivity contribution in [3.8, 4) is 5.75 Å². The predicted molar refractivity (Wildman–Crippen MR) is 59.0 cm³/mol. The Morgan fingerprint density at radius 2 is 1.86 bits per heavy atom. The molecule has 2 rings (SSSR count). The molecular weight excluding hydrogens is 200 g/mol. The maximum absolute atomic E-state index is 9.12. The molecule has 1 aliphatic rings. The molecule has 0 saturated carbocycles. The van der Waals surface area contributed by atoms with Crippen molar-refractivity contribution >= 4 is 12.4 Å². The SMILES string of the molecule is Cl.Oc1ccc([C@H]2CNCCN2)cc1. The fourth-order valence-corrected chi connectivity index (χ4v) is 1.60. The van der Waals surface area contributed by atoms with Crippen LogP contribution >= 0.6 is 12.4 Å². The maximum Gasteiger partial charge on any atom is 0.115 e. The summed E-state index contributed by atoms with van der Waals surface area (Å²) in [4.78, 5) is 0. The number of halogens is 1. The van der Waals surface area contributed by atoms with Gasteiger partial charge < -0.3 is 15.7 Å². The number of benzene rings is 1. The Morgan fingerprint density at radius 3 is 2.43 bits per heavy atom. The second kappa shape index (κ2) is 5.20. The van der Waals surface area contributed by atoms with Gasteiger partial charge in [0.15, 0.2) is 0 Å². The van der Waals surface area contributed by atoms with Crippen LogP contribution in [0.4, 0.5) is 0 Å². The highest BCUT2D eigenvalue weighted by Gasteiger charge is 2.13. The summed E-state index contributed by atoms with van der Waals surface area (Å²) in [6.45, 7) is 3.00. The van der Waals surface area contributed by atoms with Crippen LogP contribution in [-0.2, 0) is 0 Å². The number of hydrogen-bond acceptors (Lipinski definition) is 3. The van der Waals surface area contributed by atoms with Crippen LogP contribution in [0.3, 0.4) is 0 Å². The summed E-state index contributed by atoms with van der Waals surface area (Å²) in [6.07, 6.45) is 0. The van der Waals surface area contributed by atoms with Crippen molar-refractivity contribution in [2.24, 2.45) is 0 Å². The Morgan fingerprint density at radius 1 is 1.14 bits per heavy atom. The number of phenolic OH excluding ortho intramolecular Hbond substituents is 1. The monoisotopic (exact) mass is 214 g/mol. The normalized spacial score (nSPS) is 21.3. The van der Waals surface area contributed by atoms with Crippen LogP contribution in [0.2, 0.25) is 0 Å². The van der Waals surface area contributed by atoms with E-state index in [9.17, 15) is 0 Å². The average molecular weight is 215 g/mol. The highest BCUT2D eigenvalue weighted by Crippen LogP contribution is 2.16. The van der Waals surface area contributed by atoms with E-state index < -0.39 is 0 Å². The number of hydrogen-bond donors (Lipinski definition) is 3. The molecule has 3 N–H and O–H groups in total. The van der Waals surface area contributed by atoms with Crippen LogP contribution in [-0.4, -0.2) is 24.7 Å². The standard InChI is InChI=1S/C10H14N2O.ClH/c13-9-3-1-8(2-4-9)10-7-11-5-6-12-10;/h1-4,10-13H,5-7H2;1H/t10-;/m1./s1. The van der Waals surface area contributed by atoms with E-state index in [0.717, 1.165) is 19.6 Å². The van der Waals surface area contributed by atoms with Crippen molar-refractivity contribution in [2.75, 3.05) is 19.6 Å². The molecule has 0 spiro atoms. The third-order valence-electron chi connectivity index (χ3n) is 2.34. The summed E-state index contributed by atoms with van der Waals surface area (Å²) >= 11 is 0. The topological polar surface area (TPSA) is 44.3 Å². The van der Waals surface area contributed by atoms with Gasteiger partial charge in [0.25, 0.3) is 0 Å². The zero-order valence-corrected chi connectivity index (χ0v) is 8.68. The molecule has 1 saturated heterocycles. The van der Waals surface area contributed by atoms with E-state index >= 15 is 0 Å². The third kappa shape index (κ3) is 2.61. The van der Waals surface area contributed by atoms with Crippen LogP contribution in [0.25, 0.3) is 0 Å². The van der Waals surface area contributed by atoms with Gasteiger partial charge in [0.05, 0.1) is 0 Å². The second-order valence-electron chi connectivity index (χ2n) is 3.30. The Hall–Kier alpha value is -0.770.